The van der Waals surface area contributed by atoms with Crippen LogP contribution < -0.4 is 0 Å². The van der Waals surface area contributed by atoms with Crippen molar-refractivity contribution in [3.8, 4) is 11.4 Å². The largest absolute Gasteiger partial charge is 0.212 e. The van der Waals surface area contributed by atoms with Gasteiger partial charge in [-0.3, -0.25) is 0 Å². The second kappa shape index (κ2) is 6.84. The van der Waals surface area contributed by atoms with Crippen LogP contribution in [0.1, 0.15) is 11.3 Å². The number of fused-ring (bicyclic) bond motifs is 2. The third-order valence-corrected chi connectivity index (χ3v) is 6.03. The lowest BCUT2D eigenvalue weighted by Gasteiger charge is -2.15. The minimum Gasteiger partial charge on any atom is -0.186 e. The zero-order valence-corrected chi connectivity index (χ0v) is 16.9. The van der Waals surface area contributed by atoms with Gasteiger partial charge in [0.05, 0.1) is 16.3 Å². The number of benzene rings is 2. The zero-order chi connectivity index (χ0) is 19.3. The summed E-state index contributed by atoms with van der Waals surface area (Å²) in [6.07, 6.45) is 0. The van der Waals surface area contributed by atoms with Crippen molar-refractivity contribution >= 4 is 51.6 Å². The summed E-state index contributed by atoms with van der Waals surface area (Å²) in [4.78, 5) is 0. The van der Waals surface area contributed by atoms with Crippen LogP contribution in [0.15, 0.2) is 52.7 Å². The van der Waals surface area contributed by atoms with E-state index in [9.17, 15) is 0 Å². The number of aryl methyl sites for hydroxylation is 1. The maximum Gasteiger partial charge on any atom is 0.212 e. The van der Waals surface area contributed by atoms with Crippen LogP contribution in [0, 0.1) is 6.92 Å². The Morgan fingerprint density at radius 3 is 2.71 bits per heavy atom. The summed E-state index contributed by atoms with van der Waals surface area (Å²) in [7, 11) is 0. The molecule has 1 aliphatic rings. The molecule has 0 unspecified atom stereocenters. The van der Waals surface area contributed by atoms with Crippen molar-refractivity contribution in [2.24, 2.45) is 5.10 Å². The standard InChI is InChI=1S/C19H12Cl2N6S/c1-10-13-8-11(20)6-7-15(13)22-23-17(10)16-9-28-19-25-24-18(27(19)26-16)12-4-2-3-5-14(12)21/h2-8H,9H2,1H3. The lowest BCUT2D eigenvalue weighted by molar-refractivity contribution is 0.760. The minimum atomic E-state index is 0.597. The Morgan fingerprint density at radius 1 is 1.00 bits per heavy atom. The van der Waals surface area contributed by atoms with E-state index in [4.69, 9.17) is 28.3 Å². The van der Waals surface area contributed by atoms with Crippen molar-refractivity contribution < 1.29 is 0 Å². The summed E-state index contributed by atoms with van der Waals surface area (Å²) in [6.45, 7) is 2.01. The van der Waals surface area contributed by atoms with Gasteiger partial charge in [0.2, 0.25) is 5.16 Å². The van der Waals surface area contributed by atoms with Crippen LogP contribution in [0.5, 0.6) is 0 Å². The van der Waals surface area contributed by atoms with Crippen LogP contribution in [0.25, 0.3) is 22.3 Å². The van der Waals surface area contributed by atoms with Gasteiger partial charge in [0.1, 0.15) is 5.69 Å². The highest BCUT2D eigenvalue weighted by Gasteiger charge is 2.24. The summed E-state index contributed by atoms with van der Waals surface area (Å²) in [5, 5.41) is 25.0. The molecule has 2 aromatic carbocycles. The summed E-state index contributed by atoms with van der Waals surface area (Å²) in [6, 6.07) is 13.1. The Bertz CT molecular complexity index is 1270. The molecule has 0 atom stereocenters. The molecule has 28 heavy (non-hydrogen) atoms. The molecule has 0 aliphatic carbocycles. The predicted octanol–water partition coefficient (Wildman–Crippen LogP) is 4.86. The van der Waals surface area contributed by atoms with E-state index in [-0.39, 0.29) is 0 Å². The van der Waals surface area contributed by atoms with Gasteiger partial charge >= 0.3 is 0 Å². The number of aromatic nitrogens is 5. The molecule has 0 bridgehead atoms. The number of hydrogen-bond donors (Lipinski definition) is 0. The van der Waals surface area contributed by atoms with Gasteiger partial charge in [-0.2, -0.15) is 9.78 Å². The monoisotopic (exact) mass is 426 g/mol. The first kappa shape index (κ1) is 17.6. The molecule has 138 valence electrons. The number of halogens is 2. The Hall–Kier alpha value is -2.48. The molecule has 2 aromatic heterocycles. The maximum atomic E-state index is 6.35. The molecule has 0 saturated carbocycles. The van der Waals surface area contributed by atoms with Gasteiger partial charge in [-0.05, 0) is 42.8 Å². The van der Waals surface area contributed by atoms with Gasteiger partial charge in [0, 0.05) is 21.7 Å². The average Bonchev–Trinajstić information content (AvgIpc) is 3.12. The number of hydrogen-bond acceptors (Lipinski definition) is 6. The van der Waals surface area contributed by atoms with Crippen molar-refractivity contribution in [2.75, 3.05) is 5.75 Å². The molecule has 0 fully saturated rings. The molecule has 6 nitrogen and oxygen atoms in total. The Kier molecular flexibility index (Phi) is 4.30. The number of rotatable bonds is 2. The van der Waals surface area contributed by atoms with Crippen molar-refractivity contribution in [2.45, 2.75) is 12.1 Å². The van der Waals surface area contributed by atoms with E-state index < -0.39 is 0 Å². The summed E-state index contributed by atoms with van der Waals surface area (Å²) >= 11 is 14.1. The molecule has 9 heteroatoms. The van der Waals surface area contributed by atoms with Gasteiger partial charge in [0.15, 0.2) is 5.82 Å². The Morgan fingerprint density at radius 2 is 1.86 bits per heavy atom. The second-order valence-electron chi connectivity index (χ2n) is 6.27. The van der Waals surface area contributed by atoms with Crippen LogP contribution in [-0.2, 0) is 0 Å². The number of nitrogens with zero attached hydrogens (tertiary/aromatic N) is 6. The van der Waals surface area contributed by atoms with Crippen molar-refractivity contribution in [1.82, 2.24) is 25.1 Å². The highest BCUT2D eigenvalue weighted by atomic mass is 35.5. The smallest absolute Gasteiger partial charge is 0.186 e. The highest BCUT2D eigenvalue weighted by molar-refractivity contribution is 7.99. The van der Waals surface area contributed by atoms with E-state index in [0.717, 1.165) is 33.4 Å². The molecule has 1 aliphatic heterocycles. The molecule has 4 aromatic rings. The van der Waals surface area contributed by atoms with E-state index in [0.29, 0.717) is 26.8 Å². The second-order valence-corrected chi connectivity index (χ2v) is 8.05. The molecule has 0 amide bonds. The van der Waals surface area contributed by atoms with Crippen LogP contribution in [-0.4, -0.2) is 36.5 Å². The van der Waals surface area contributed by atoms with E-state index in [1.165, 1.54) is 0 Å². The summed E-state index contributed by atoms with van der Waals surface area (Å²) in [5.41, 5.74) is 4.12. The van der Waals surface area contributed by atoms with Gasteiger partial charge in [-0.25, -0.2) is 0 Å². The average molecular weight is 427 g/mol. The summed E-state index contributed by atoms with van der Waals surface area (Å²) < 4.78 is 1.72. The van der Waals surface area contributed by atoms with Crippen molar-refractivity contribution in [3.05, 3.63) is 63.8 Å². The molecule has 5 rings (SSSR count). The molecule has 0 saturated heterocycles. The first-order valence-electron chi connectivity index (χ1n) is 8.45. The van der Waals surface area contributed by atoms with Gasteiger partial charge < -0.3 is 0 Å². The third kappa shape index (κ3) is 2.87. The first-order chi connectivity index (χ1) is 13.6. The Labute approximate surface area is 174 Å². The fourth-order valence-corrected chi connectivity index (χ4v) is 4.33. The van der Waals surface area contributed by atoms with Gasteiger partial charge in [-0.15, -0.1) is 20.4 Å². The Balaban J connectivity index is 1.66. The van der Waals surface area contributed by atoms with Gasteiger partial charge in [-0.1, -0.05) is 47.1 Å². The zero-order valence-electron chi connectivity index (χ0n) is 14.6. The van der Waals surface area contributed by atoms with Crippen LogP contribution in [0.3, 0.4) is 0 Å². The normalized spacial score (nSPS) is 13.5. The van der Waals surface area contributed by atoms with E-state index in [2.05, 4.69) is 20.4 Å². The lowest BCUT2D eigenvalue weighted by atomic mass is 10.1. The summed E-state index contributed by atoms with van der Waals surface area (Å²) in [5.74, 6) is 1.22. The molecule has 3 heterocycles. The maximum absolute atomic E-state index is 6.35. The molecule has 0 N–H and O–H groups in total. The van der Waals surface area contributed by atoms with E-state index in [1.807, 2.05) is 49.4 Å². The van der Waals surface area contributed by atoms with Crippen molar-refractivity contribution in [3.63, 3.8) is 0 Å². The first-order valence-corrected chi connectivity index (χ1v) is 10.2. The van der Waals surface area contributed by atoms with Crippen LogP contribution in [0.4, 0.5) is 0 Å². The molecule has 0 spiro atoms. The van der Waals surface area contributed by atoms with E-state index >= 15 is 0 Å². The lowest BCUT2D eigenvalue weighted by Crippen LogP contribution is -2.17. The molecular weight excluding hydrogens is 415 g/mol. The quantitative estimate of drug-likeness (QED) is 0.457. The number of thioether (sulfide) groups is 1. The SMILES string of the molecule is Cc1c(C2=Nn3c(nnc3-c3ccccc3Cl)SC2)nnc2ccc(Cl)cc12. The molecule has 0 radical (unpaired) electrons. The highest BCUT2D eigenvalue weighted by Crippen LogP contribution is 2.32. The van der Waals surface area contributed by atoms with E-state index in [1.54, 1.807) is 16.4 Å². The van der Waals surface area contributed by atoms with Gasteiger partial charge in [0.25, 0.3) is 0 Å². The van der Waals surface area contributed by atoms with Crippen molar-refractivity contribution in [1.29, 1.82) is 0 Å². The predicted molar refractivity (Wildman–Crippen MR) is 112 cm³/mol. The molecular formula is C19H12Cl2N6S. The fraction of sp³-hybridized carbons (Fsp3) is 0.105. The minimum absolute atomic E-state index is 0.597. The topological polar surface area (TPSA) is 68.8 Å². The van der Waals surface area contributed by atoms with Crippen LogP contribution >= 0.6 is 35.0 Å². The fourth-order valence-electron chi connectivity index (χ4n) is 3.13. The van der Waals surface area contributed by atoms with Crippen LogP contribution in [0.2, 0.25) is 10.0 Å². The third-order valence-electron chi connectivity index (χ3n) is 4.53.